The van der Waals surface area contributed by atoms with E-state index in [1.165, 1.54) is 40.6 Å². The first kappa shape index (κ1) is 16.2. The SMILES string of the molecule is Cc1cccc(Sc2ccc(C(=O)N[C@H]3CN4CCC3CC4)s2)c1. The normalized spacial score (nSPS) is 25.6. The van der Waals surface area contributed by atoms with Crippen molar-refractivity contribution < 1.29 is 4.79 Å². The van der Waals surface area contributed by atoms with Gasteiger partial charge in [0.15, 0.2) is 0 Å². The molecule has 1 atom stereocenters. The second-order valence-electron chi connectivity index (χ2n) is 6.76. The molecular formula is C19H22N2OS2. The molecule has 0 saturated carbocycles. The first-order valence-corrected chi connectivity index (χ1v) is 10.2. The van der Waals surface area contributed by atoms with Crippen LogP contribution >= 0.6 is 23.1 Å². The summed E-state index contributed by atoms with van der Waals surface area (Å²) in [5.41, 5.74) is 1.26. The maximum atomic E-state index is 12.6. The number of piperidine rings is 3. The molecule has 5 heteroatoms. The Morgan fingerprint density at radius 2 is 2.08 bits per heavy atom. The van der Waals surface area contributed by atoms with Crippen LogP contribution in [0.5, 0.6) is 0 Å². The van der Waals surface area contributed by atoms with E-state index in [0.717, 1.165) is 11.4 Å². The molecule has 4 heterocycles. The number of rotatable bonds is 4. The highest BCUT2D eigenvalue weighted by Crippen LogP contribution is 2.34. The van der Waals surface area contributed by atoms with Crippen molar-refractivity contribution in [2.24, 2.45) is 5.92 Å². The second kappa shape index (κ2) is 6.90. The largest absolute Gasteiger partial charge is 0.347 e. The quantitative estimate of drug-likeness (QED) is 0.895. The Bertz CT molecular complexity index is 734. The number of carbonyl (C=O) groups excluding carboxylic acids is 1. The predicted molar refractivity (Wildman–Crippen MR) is 100 cm³/mol. The van der Waals surface area contributed by atoms with Gasteiger partial charge in [-0.2, -0.15) is 0 Å². The lowest BCUT2D eigenvalue weighted by molar-refractivity contribution is 0.0622. The molecular weight excluding hydrogens is 336 g/mol. The number of carbonyl (C=O) groups is 1. The predicted octanol–water partition coefficient (Wildman–Crippen LogP) is 4.03. The molecule has 0 aliphatic carbocycles. The summed E-state index contributed by atoms with van der Waals surface area (Å²) in [6.45, 7) is 5.53. The fraction of sp³-hybridized carbons (Fsp3) is 0.421. The summed E-state index contributed by atoms with van der Waals surface area (Å²) in [4.78, 5) is 17.1. The molecule has 2 bridgehead atoms. The summed E-state index contributed by atoms with van der Waals surface area (Å²) in [5, 5.41) is 3.27. The van der Waals surface area contributed by atoms with E-state index in [1.807, 2.05) is 6.07 Å². The minimum absolute atomic E-state index is 0.0924. The molecule has 1 aromatic heterocycles. The summed E-state index contributed by atoms with van der Waals surface area (Å²) >= 11 is 3.32. The molecule has 5 rings (SSSR count). The molecule has 0 spiro atoms. The highest BCUT2D eigenvalue weighted by atomic mass is 32.2. The van der Waals surface area contributed by atoms with E-state index < -0.39 is 0 Å². The van der Waals surface area contributed by atoms with Crippen LogP contribution in [0.15, 0.2) is 45.5 Å². The third-order valence-electron chi connectivity index (χ3n) is 4.99. The molecule has 24 heavy (non-hydrogen) atoms. The summed E-state index contributed by atoms with van der Waals surface area (Å²) in [6, 6.07) is 12.8. The minimum atomic E-state index is 0.0924. The van der Waals surface area contributed by atoms with Crippen LogP contribution < -0.4 is 5.32 Å². The van der Waals surface area contributed by atoms with E-state index in [9.17, 15) is 4.79 Å². The summed E-state index contributed by atoms with van der Waals surface area (Å²) < 4.78 is 1.17. The van der Waals surface area contributed by atoms with Crippen molar-refractivity contribution in [3.05, 3.63) is 46.8 Å². The summed E-state index contributed by atoms with van der Waals surface area (Å²) in [5.74, 6) is 0.759. The zero-order chi connectivity index (χ0) is 16.5. The van der Waals surface area contributed by atoms with Crippen LogP contribution in [0.25, 0.3) is 0 Å². The number of benzene rings is 1. The standard InChI is InChI=1S/C19H22N2OS2/c1-13-3-2-4-15(11-13)23-18-6-5-17(24-18)19(22)20-16-12-21-9-7-14(16)8-10-21/h2-6,11,14,16H,7-10,12H2,1H3,(H,20,22)/t16-/m0/s1. The van der Waals surface area contributed by atoms with Crippen LogP contribution in [0.2, 0.25) is 0 Å². The molecule has 3 aliphatic rings. The summed E-state index contributed by atoms with van der Waals surface area (Å²) in [7, 11) is 0. The average molecular weight is 359 g/mol. The van der Waals surface area contributed by atoms with Gasteiger partial charge in [-0.25, -0.2) is 0 Å². The zero-order valence-electron chi connectivity index (χ0n) is 13.8. The Morgan fingerprint density at radius 1 is 1.25 bits per heavy atom. The van der Waals surface area contributed by atoms with Gasteiger partial charge in [-0.1, -0.05) is 29.5 Å². The van der Waals surface area contributed by atoms with Crippen molar-refractivity contribution in [2.45, 2.75) is 34.9 Å². The zero-order valence-corrected chi connectivity index (χ0v) is 15.5. The van der Waals surface area contributed by atoms with Crippen molar-refractivity contribution >= 4 is 29.0 Å². The van der Waals surface area contributed by atoms with Crippen LogP contribution in [0.4, 0.5) is 0 Å². The molecule has 3 saturated heterocycles. The molecule has 2 aromatic rings. The molecule has 3 fully saturated rings. The van der Waals surface area contributed by atoms with Crippen molar-refractivity contribution in [3.8, 4) is 0 Å². The Balaban J connectivity index is 1.40. The number of nitrogens with zero attached hydrogens (tertiary/aromatic N) is 1. The van der Waals surface area contributed by atoms with Crippen molar-refractivity contribution in [3.63, 3.8) is 0 Å². The fourth-order valence-corrected chi connectivity index (χ4v) is 5.79. The lowest BCUT2D eigenvalue weighted by Crippen LogP contribution is -2.57. The fourth-order valence-electron chi connectivity index (χ4n) is 3.66. The van der Waals surface area contributed by atoms with Crippen LogP contribution in [-0.2, 0) is 0 Å². The third kappa shape index (κ3) is 3.53. The van der Waals surface area contributed by atoms with Gasteiger partial charge in [0, 0.05) is 17.5 Å². The van der Waals surface area contributed by atoms with Gasteiger partial charge in [0.05, 0.1) is 9.09 Å². The molecule has 126 valence electrons. The van der Waals surface area contributed by atoms with E-state index in [0.29, 0.717) is 12.0 Å². The number of thiophene rings is 1. The van der Waals surface area contributed by atoms with Crippen LogP contribution in [0.1, 0.15) is 28.1 Å². The topological polar surface area (TPSA) is 32.3 Å². The summed E-state index contributed by atoms with van der Waals surface area (Å²) in [6.07, 6.45) is 2.45. The van der Waals surface area contributed by atoms with Crippen LogP contribution in [0.3, 0.4) is 0 Å². The Morgan fingerprint density at radius 3 is 2.79 bits per heavy atom. The van der Waals surface area contributed by atoms with Crippen molar-refractivity contribution in [2.75, 3.05) is 19.6 Å². The minimum Gasteiger partial charge on any atom is -0.347 e. The average Bonchev–Trinajstić information content (AvgIpc) is 3.05. The van der Waals surface area contributed by atoms with Gasteiger partial charge in [0.25, 0.3) is 5.91 Å². The van der Waals surface area contributed by atoms with E-state index >= 15 is 0 Å². The number of hydrogen-bond acceptors (Lipinski definition) is 4. The molecule has 0 unspecified atom stereocenters. The van der Waals surface area contributed by atoms with Gasteiger partial charge in [-0.3, -0.25) is 4.79 Å². The van der Waals surface area contributed by atoms with Gasteiger partial charge in [0.2, 0.25) is 0 Å². The molecule has 1 aromatic carbocycles. The number of fused-ring (bicyclic) bond motifs is 3. The van der Waals surface area contributed by atoms with E-state index in [2.05, 4.69) is 47.5 Å². The maximum Gasteiger partial charge on any atom is 0.261 e. The lowest BCUT2D eigenvalue weighted by Gasteiger charge is -2.44. The molecule has 1 amide bonds. The maximum absolute atomic E-state index is 12.6. The highest BCUT2D eigenvalue weighted by Gasteiger charge is 2.35. The van der Waals surface area contributed by atoms with Gasteiger partial charge in [0.1, 0.15) is 0 Å². The highest BCUT2D eigenvalue weighted by molar-refractivity contribution is 8.01. The monoisotopic (exact) mass is 358 g/mol. The second-order valence-corrected chi connectivity index (χ2v) is 9.21. The Hall–Kier alpha value is -1.30. The van der Waals surface area contributed by atoms with Gasteiger partial charge >= 0.3 is 0 Å². The van der Waals surface area contributed by atoms with Crippen LogP contribution in [-0.4, -0.2) is 36.5 Å². The number of amides is 1. The Kier molecular flexibility index (Phi) is 4.66. The van der Waals surface area contributed by atoms with Crippen molar-refractivity contribution in [1.82, 2.24) is 10.2 Å². The van der Waals surface area contributed by atoms with E-state index in [4.69, 9.17) is 0 Å². The number of aryl methyl sites for hydroxylation is 1. The molecule has 3 nitrogen and oxygen atoms in total. The smallest absolute Gasteiger partial charge is 0.261 e. The van der Waals surface area contributed by atoms with Crippen molar-refractivity contribution in [1.29, 1.82) is 0 Å². The van der Waals surface area contributed by atoms with Crippen LogP contribution in [0, 0.1) is 12.8 Å². The number of nitrogens with one attached hydrogen (secondary N) is 1. The van der Waals surface area contributed by atoms with Gasteiger partial charge in [-0.15, -0.1) is 11.3 Å². The lowest BCUT2D eigenvalue weighted by atomic mass is 9.84. The number of hydrogen-bond donors (Lipinski definition) is 1. The molecule has 0 radical (unpaired) electrons. The molecule has 1 N–H and O–H groups in total. The Labute approximate surface area is 151 Å². The van der Waals surface area contributed by atoms with E-state index in [1.54, 1.807) is 23.1 Å². The van der Waals surface area contributed by atoms with E-state index in [-0.39, 0.29) is 5.91 Å². The van der Waals surface area contributed by atoms with Gasteiger partial charge in [-0.05, 0) is 63.0 Å². The first-order chi connectivity index (χ1) is 11.7. The third-order valence-corrected chi connectivity index (χ3v) is 7.19. The van der Waals surface area contributed by atoms with Gasteiger partial charge < -0.3 is 10.2 Å². The molecule has 3 aliphatic heterocycles. The first-order valence-electron chi connectivity index (χ1n) is 8.55.